The fourth-order valence-corrected chi connectivity index (χ4v) is 2.96. The van der Waals surface area contributed by atoms with Gasteiger partial charge in [0.2, 0.25) is 0 Å². The second-order valence-corrected chi connectivity index (χ2v) is 6.01. The van der Waals surface area contributed by atoms with Gasteiger partial charge >= 0.3 is 5.97 Å². The minimum absolute atomic E-state index is 0.337. The number of carbonyl (C=O) groups excluding carboxylic acids is 2. The number of piperidine rings is 1. The molecule has 2 amide bonds. The number of likely N-dealkylation sites (tertiary alicyclic amines) is 1. The number of hydrogen-bond donors (Lipinski definition) is 2. The first-order valence-electron chi connectivity index (χ1n) is 8.28. The van der Waals surface area contributed by atoms with E-state index < -0.39 is 12.0 Å². The number of rotatable bonds is 4. The van der Waals surface area contributed by atoms with E-state index in [1.807, 2.05) is 0 Å². The fourth-order valence-electron chi connectivity index (χ4n) is 2.96. The van der Waals surface area contributed by atoms with Crippen LogP contribution in [0.3, 0.4) is 0 Å². The van der Waals surface area contributed by atoms with Crippen molar-refractivity contribution in [2.24, 2.45) is 0 Å². The summed E-state index contributed by atoms with van der Waals surface area (Å²) < 4.78 is 0. The third-order valence-electron chi connectivity index (χ3n) is 4.26. The second kappa shape index (κ2) is 7.73. The maximum Gasteiger partial charge on any atom is 0.326 e. The van der Waals surface area contributed by atoms with Gasteiger partial charge in [-0.3, -0.25) is 9.59 Å². The summed E-state index contributed by atoms with van der Waals surface area (Å²) >= 11 is 0. The van der Waals surface area contributed by atoms with Crippen LogP contribution in [0.4, 0.5) is 5.69 Å². The van der Waals surface area contributed by atoms with Crippen molar-refractivity contribution in [2.75, 3.05) is 11.9 Å². The average Bonchev–Trinajstić information content (AvgIpc) is 2.68. The minimum Gasteiger partial charge on any atom is -0.480 e. The SMILES string of the molecule is O=C(Nc1cccc(C(=O)N2CCCCC2C(=O)O)c1)c1ccnnc1. The lowest BCUT2D eigenvalue weighted by Crippen LogP contribution is -2.48. The van der Waals surface area contributed by atoms with E-state index in [1.165, 1.54) is 23.4 Å². The smallest absolute Gasteiger partial charge is 0.326 e. The molecule has 1 aliphatic rings. The van der Waals surface area contributed by atoms with E-state index >= 15 is 0 Å². The standard InChI is InChI=1S/C18H18N4O4/c23-16(13-7-8-19-20-11-13)21-14-5-3-4-12(10-14)17(24)22-9-2-1-6-15(22)18(25)26/h3-5,7-8,10-11,15H,1-2,6,9H2,(H,21,23)(H,25,26). The van der Waals surface area contributed by atoms with Gasteiger partial charge in [-0.2, -0.15) is 10.2 Å². The Morgan fingerprint density at radius 3 is 2.69 bits per heavy atom. The number of nitrogens with zero attached hydrogens (tertiary/aromatic N) is 3. The summed E-state index contributed by atoms with van der Waals surface area (Å²) in [6, 6.07) is 7.18. The van der Waals surface area contributed by atoms with Crippen molar-refractivity contribution in [3.05, 3.63) is 53.9 Å². The number of aromatic nitrogens is 2. The van der Waals surface area contributed by atoms with Crippen molar-refractivity contribution in [3.63, 3.8) is 0 Å². The van der Waals surface area contributed by atoms with Crippen LogP contribution in [0.5, 0.6) is 0 Å². The molecular formula is C18H18N4O4. The summed E-state index contributed by atoms with van der Waals surface area (Å²) in [7, 11) is 0. The highest BCUT2D eigenvalue weighted by atomic mass is 16.4. The molecular weight excluding hydrogens is 336 g/mol. The zero-order chi connectivity index (χ0) is 18.5. The number of aliphatic carboxylic acids is 1. The van der Waals surface area contributed by atoms with Crippen LogP contribution in [0.25, 0.3) is 0 Å². The van der Waals surface area contributed by atoms with E-state index in [-0.39, 0.29) is 11.8 Å². The Balaban J connectivity index is 1.77. The normalized spacial score (nSPS) is 16.8. The van der Waals surface area contributed by atoms with E-state index in [9.17, 15) is 19.5 Å². The Morgan fingerprint density at radius 2 is 1.96 bits per heavy atom. The van der Waals surface area contributed by atoms with E-state index in [0.29, 0.717) is 29.8 Å². The van der Waals surface area contributed by atoms with Crippen molar-refractivity contribution in [1.29, 1.82) is 0 Å². The van der Waals surface area contributed by atoms with Crippen molar-refractivity contribution < 1.29 is 19.5 Å². The number of hydrogen-bond acceptors (Lipinski definition) is 5. The molecule has 1 saturated heterocycles. The van der Waals surface area contributed by atoms with Gasteiger partial charge in [0.1, 0.15) is 6.04 Å². The highest BCUT2D eigenvalue weighted by Crippen LogP contribution is 2.21. The molecule has 1 aromatic carbocycles. The quantitative estimate of drug-likeness (QED) is 0.866. The van der Waals surface area contributed by atoms with Crippen LogP contribution in [0.1, 0.15) is 40.0 Å². The third-order valence-corrected chi connectivity index (χ3v) is 4.26. The molecule has 1 aliphatic heterocycles. The zero-order valence-corrected chi connectivity index (χ0v) is 14.0. The lowest BCUT2D eigenvalue weighted by molar-refractivity contribution is -0.143. The fraction of sp³-hybridized carbons (Fsp3) is 0.278. The lowest BCUT2D eigenvalue weighted by Gasteiger charge is -2.33. The molecule has 2 N–H and O–H groups in total. The van der Waals surface area contributed by atoms with E-state index in [4.69, 9.17) is 0 Å². The Morgan fingerprint density at radius 1 is 1.12 bits per heavy atom. The molecule has 1 unspecified atom stereocenters. The molecule has 0 radical (unpaired) electrons. The van der Waals surface area contributed by atoms with Crippen LogP contribution in [0, 0.1) is 0 Å². The highest BCUT2D eigenvalue weighted by Gasteiger charge is 2.32. The number of nitrogens with one attached hydrogen (secondary N) is 1. The van der Waals surface area contributed by atoms with Crippen LogP contribution in [0.2, 0.25) is 0 Å². The average molecular weight is 354 g/mol. The molecule has 0 aliphatic carbocycles. The summed E-state index contributed by atoms with van der Waals surface area (Å²) in [5.41, 5.74) is 1.13. The Labute approximate surface area is 149 Å². The van der Waals surface area contributed by atoms with Gasteiger partial charge in [-0.15, -0.1) is 0 Å². The van der Waals surface area contributed by atoms with Crippen LogP contribution in [-0.4, -0.2) is 50.6 Å². The third kappa shape index (κ3) is 3.85. The monoisotopic (exact) mass is 354 g/mol. The lowest BCUT2D eigenvalue weighted by atomic mass is 10.0. The molecule has 8 nitrogen and oxygen atoms in total. The summed E-state index contributed by atoms with van der Waals surface area (Å²) in [4.78, 5) is 37.7. The Bertz CT molecular complexity index is 825. The summed E-state index contributed by atoms with van der Waals surface area (Å²) in [6.45, 7) is 0.412. The molecule has 0 spiro atoms. The van der Waals surface area contributed by atoms with Gasteiger partial charge < -0.3 is 15.3 Å². The molecule has 2 heterocycles. The number of carboxylic acid groups (broad SMARTS) is 1. The summed E-state index contributed by atoms with van der Waals surface area (Å²) in [5.74, 6) is -1.71. The van der Waals surface area contributed by atoms with Crippen LogP contribution >= 0.6 is 0 Å². The first-order valence-corrected chi connectivity index (χ1v) is 8.28. The van der Waals surface area contributed by atoms with Crippen molar-refractivity contribution in [2.45, 2.75) is 25.3 Å². The number of carbonyl (C=O) groups is 3. The Kier molecular flexibility index (Phi) is 5.21. The number of carboxylic acids is 1. The molecule has 3 rings (SSSR count). The van der Waals surface area contributed by atoms with Gasteiger partial charge in [0.15, 0.2) is 0 Å². The van der Waals surface area contributed by atoms with Gasteiger partial charge in [0.25, 0.3) is 11.8 Å². The topological polar surface area (TPSA) is 112 Å². The molecule has 2 aromatic rings. The maximum atomic E-state index is 12.8. The maximum absolute atomic E-state index is 12.8. The highest BCUT2D eigenvalue weighted by molar-refractivity contribution is 6.05. The molecule has 8 heteroatoms. The van der Waals surface area contributed by atoms with Crippen molar-refractivity contribution in [3.8, 4) is 0 Å². The molecule has 1 aromatic heterocycles. The van der Waals surface area contributed by atoms with E-state index in [2.05, 4.69) is 15.5 Å². The predicted octanol–water partition coefficient (Wildman–Crippen LogP) is 1.81. The number of amides is 2. The molecule has 1 fully saturated rings. The molecule has 0 saturated carbocycles. The molecule has 1 atom stereocenters. The van der Waals surface area contributed by atoms with E-state index in [0.717, 1.165) is 12.8 Å². The van der Waals surface area contributed by atoms with Crippen LogP contribution in [-0.2, 0) is 4.79 Å². The summed E-state index contributed by atoms with van der Waals surface area (Å²) in [6.07, 6.45) is 4.77. The largest absolute Gasteiger partial charge is 0.480 e. The first-order chi connectivity index (χ1) is 12.6. The first kappa shape index (κ1) is 17.5. The van der Waals surface area contributed by atoms with E-state index in [1.54, 1.807) is 24.3 Å². The zero-order valence-electron chi connectivity index (χ0n) is 14.0. The van der Waals surface area contributed by atoms with Crippen LogP contribution in [0.15, 0.2) is 42.7 Å². The van der Waals surface area contributed by atoms with Crippen molar-refractivity contribution >= 4 is 23.5 Å². The minimum atomic E-state index is -0.993. The van der Waals surface area contributed by atoms with Gasteiger partial charge in [-0.1, -0.05) is 6.07 Å². The Hall–Kier alpha value is -3.29. The summed E-state index contributed by atoms with van der Waals surface area (Å²) in [5, 5.41) is 19.3. The predicted molar refractivity (Wildman–Crippen MR) is 92.7 cm³/mol. The number of benzene rings is 1. The van der Waals surface area contributed by atoms with Crippen LogP contribution < -0.4 is 5.32 Å². The van der Waals surface area contributed by atoms with Gasteiger partial charge in [-0.05, 0) is 43.5 Å². The molecule has 134 valence electrons. The van der Waals surface area contributed by atoms with Crippen molar-refractivity contribution in [1.82, 2.24) is 15.1 Å². The van der Waals surface area contributed by atoms with Gasteiger partial charge in [0, 0.05) is 17.8 Å². The number of anilines is 1. The molecule has 0 bridgehead atoms. The van der Waals surface area contributed by atoms with Gasteiger partial charge in [0.05, 0.1) is 18.0 Å². The second-order valence-electron chi connectivity index (χ2n) is 6.01. The molecule has 26 heavy (non-hydrogen) atoms. The van der Waals surface area contributed by atoms with Gasteiger partial charge in [-0.25, -0.2) is 4.79 Å².